The van der Waals surface area contributed by atoms with E-state index in [0.29, 0.717) is 17.0 Å². The number of methoxy groups -OCH3 is 1. The van der Waals surface area contributed by atoms with Crippen LogP contribution in [0.4, 0.5) is 5.69 Å². The Morgan fingerprint density at radius 1 is 1.22 bits per heavy atom. The van der Waals surface area contributed by atoms with Gasteiger partial charge in [0, 0.05) is 12.6 Å². The first-order chi connectivity index (χ1) is 13.0. The zero-order valence-corrected chi connectivity index (χ0v) is 15.3. The fourth-order valence-corrected chi connectivity index (χ4v) is 3.29. The van der Waals surface area contributed by atoms with Crippen molar-refractivity contribution in [2.75, 3.05) is 18.6 Å². The summed E-state index contributed by atoms with van der Waals surface area (Å²) >= 11 is 0. The first-order valence-electron chi connectivity index (χ1n) is 8.58. The zero-order valence-electron chi connectivity index (χ0n) is 15.3. The third kappa shape index (κ3) is 2.81. The summed E-state index contributed by atoms with van der Waals surface area (Å²) in [4.78, 5) is 31.3. The number of hydrogen-bond donors (Lipinski definition) is 0. The Morgan fingerprint density at radius 3 is 2.78 bits per heavy atom. The number of esters is 1. The molecule has 0 N–H and O–H groups in total. The highest BCUT2D eigenvalue weighted by molar-refractivity contribution is 6.09. The van der Waals surface area contributed by atoms with Gasteiger partial charge in [0.15, 0.2) is 0 Å². The lowest BCUT2D eigenvalue weighted by molar-refractivity contribution is -0.148. The molecule has 0 radical (unpaired) electrons. The highest BCUT2D eigenvalue weighted by Crippen LogP contribution is 2.34. The third-order valence-corrected chi connectivity index (χ3v) is 4.83. The summed E-state index contributed by atoms with van der Waals surface area (Å²) in [6, 6.07) is 12.6. The van der Waals surface area contributed by atoms with Crippen LogP contribution in [0.2, 0.25) is 0 Å². The molecule has 1 aromatic heterocycles. The maximum Gasteiger partial charge on any atom is 0.348 e. The molecule has 1 amide bonds. The number of ether oxygens (including phenoxy) is 2. The van der Waals surface area contributed by atoms with E-state index < -0.39 is 12.1 Å². The molecule has 3 aromatic rings. The summed E-state index contributed by atoms with van der Waals surface area (Å²) < 4.78 is 12.5. The van der Waals surface area contributed by atoms with Crippen molar-refractivity contribution in [1.29, 1.82) is 0 Å². The van der Waals surface area contributed by atoms with Crippen molar-refractivity contribution < 1.29 is 19.1 Å². The van der Waals surface area contributed by atoms with Crippen molar-refractivity contribution in [3.05, 3.63) is 53.9 Å². The summed E-state index contributed by atoms with van der Waals surface area (Å²) in [5.74, 6) is 0.613. The number of carbonyl (C=O) groups excluding carboxylic acids is 2. The van der Waals surface area contributed by atoms with Crippen LogP contribution in [0.1, 0.15) is 16.2 Å². The van der Waals surface area contributed by atoms with Crippen molar-refractivity contribution in [1.82, 2.24) is 9.55 Å². The van der Waals surface area contributed by atoms with Gasteiger partial charge in [-0.15, -0.1) is 0 Å². The molecule has 0 bridgehead atoms. The Morgan fingerprint density at radius 2 is 2.00 bits per heavy atom. The van der Waals surface area contributed by atoms with E-state index in [1.807, 2.05) is 30.7 Å². The van der Waals surface area contributed by atoms with Gasteiger partial charge in [0.1, 0.15) is 11.6 Å². The van der Waals surface area contributed by atoms with Gasteiger partial charge in [-0.2, -0.15) is 0 Å². The van der Waals surface area contributed by atoms with E-state index in [-0.39, 0.29) is 12.5 Å². The van der Waals surface area contributed by atoms with Gasteiger partial charge in [-0.25, -0.2) is 9.78 Å². The lowest BCUT2D eigenvalue weighted by Gasteiger charge is -2.33. The molecule has 1 aliphatic heterocycles. The van der Waals surface area contributed by atoms with Gasteiger partial charge in [0.25, 0.3) is 5.91 Å². The first kappa shape index (κ1) is 17.1. The van der Waals surface area contributed by atoms with Gasteiger partial charge < -0.3 is 18.9 Å². The van der Waals surface area contributed by atoms with Gasteiger partial charge in [0.2, 0.25) is 6.10 Å². The van der Waals surface area contributed by atoms with Gasteiger partial charge >= 0.3 is 5.97 Å². The topological polar surface area (TPSA) is 73.7 Å². The van der Waals surface area contributed by atoms with Crippen LogP contribution in [0.25, 0.3) is 11.0 Å². The van der Waals surface area contributed by atoms with E-state index in [1.54, 1.807) is 35.2 Å². The van der Waals surface area contributed by atoms with Crippen LogP contribution in [-0.4, -0.2) is 41.2 Å². The van der Waals surface area contributed by atoms with E-state index in [0.717, 1.165) is 16.9 Å². The minimum Gasteiger partial charge on any atom is -0.475 e. The number of hydrogen-bond acceptors (Lipinski definition) is 5. The summed E-state index contributed by atoms with van der Waals surface area (Å²) in [5, 5.41) is 0. The fraction of sp³-hybridized carbons (Fsp3) is 0.250. The van der Waals surface area contributed by atoms with Crippen LogP contribution in [0.3, 0.4) is 0 Å². The quantitative estimate of drug-likeness (QED) is 0.652. The SMILES string of the molecule is COC(=O)C1CN(C(=O)c2ccc3c(c2)nc(C)n3C)c2ccccc2O1. The molecule has 1 atom stereocenters. The fourth-order valence-electron chi connectivity index (χ4n) is 3.29. The van der Waals surface area contributed by atoms with Crippen LogP contribution in [0, 0.1) is 6.92 Å². The predicted molar refractivity (Wildman–Crippen MR) is 100 cm³/mol. The molecule has 1 unspecified atom stereocenters. The molecule has 2 aromatic carbocycles. The average Bonchev–Trinajstić information content (AvgIpc) is 2.99. The Kier molecular flexibility index (Phi) is 4.07. The van der Waals surface area contributed by atoms with Crippen molar-refractivity contribution >= 4 is 28.6 Å². The Balaban J connectivity index is 1.74. The van der Waals surface area contributed by atoms with Gasteiger partial charge in [0.05, 0.1) is 30.4 Å². The third-order valence-electron chi connectivity index (χ3n) is 4.83. The number of fused-ring (bicyclic) bond motifs is 2. The normalized spacial score (nSPS) is 16.0. The molecule has 27 heavy (non-hydrogen) atoms. The number of carbonyl (C=O) groups is 2. The smallest absolute Gasteiger partial charge is 0.348 e. The van der Waals surface area contributed by atoms with E-state index in [9.17, 15) is 9.59 Å². The molecule has 0 spiro atoms. The Bertz CT molecular complexity index is 1060. The summed E-state index contributed by atoms with van der Waals surface area (Å²) in [7, 11) is 3.24. The Hall–Kier alpha value is -3.35. The molecular weight excluding hydrogens is 346 g/mol. The lowest BCUT2D eigenvalue weighted by atomic mass is 10.1. The predicted octanol–water partition coefficient (Wildman–Crippen LogP) is 2.46. The van der Waals surface area contributed by atoms with Crippen LogP contribution in [0.15, 0.2) is 42.5 Å². The number of nitrogens with zero attached hydrogens (tertiary/aromatic N) is 3. The molecule has 4 rings (SSSR count). The molecule has 7 nitrogen and oxygen atoms in total. The van der Waals surface area contributed by atoms with E-state index in [1.165, 1.54) is 7.11 Å². The molecule has 0 saturated heterocycles. The summed E-state index contributed by atoms with van der Waals surface area (Å²) in [6.07, 6.45) is -0.866. The molecule has 0 saturated carbocycles. The molecule has 2 heterocycles. The second-order valence-electron chi connectivity index (χ2n) is 6.43. The van der Waals surface area contributed by atoms with E-state index >= 15 is 0 Å². The average molecular weight is 365 g/mol. The van der Waals surface area contributed by atoms with Gasteiger partial charge in [-0.1, -0.05) is 12.1 Å². The van der Waals surface area contributed by atoms with Crippen LogP contribution >= 0.6 is 0 Å². The zero-order chi connectivity index (χ0) is 19.1. The first-order valence-corrected chi connectivity index (χ1v) is 8.58. The molecule has 0 fully saturated rings. The molecule has 138 valence electrons. The maximum atomic E-state index is 13.2. The molecule has 1 aliphatic rings. The van der Waals surface area contributed by atoms with E-state index in [2.05, 4.69) is 4.98 Å². The van der Waals surface area contributed by atoms with E-state index in [4.69, 9.17) is 9.47 Å². The summed E-state index contributed by atoms with van der Waals surface area (Å²) in [6.45, 7) is 2.00. The number of aromatic nitrogens is 2. The highest BCUT2D eigenvalue weighted by Gasteiger charge is 2.34. The maximum absolute atomic E-state index is 13.2. The number of para-hydroxylation sites is 2. The van der Waals surface area contributed by atoms with Crippen molar-refractivity contribution in [3.63, 3.8) is 0 Å². The monoisotopic (exact) mass is 365 g/mol. The lowest BCUT2D eigenvalue weighted by Crippen LogP contribution is -2.47. The minimum absolute atomic E-state index is 0.0851. The number of anilines is 1. The van der Waals surface area contributed by atoms with Crippen LogP contribution in [-0.2, 0) is 16.6 Å². The second-order valence-corrected chi connectivity index (χ2v) is 6.43. The number of benzene rings is 2. The van der Waals surface area contributed by atoms with Crippen LogP contribution in [0.5, 0.6) is 5.75 Å². The largest absolute Gasteiger partial charge is 0.475 e. The number of imidazole rings is 1. The molecule has 0 aliphatic carbocycles. The van der Waals surface area contributed by atoms with Gasteiger partial charge in [-0.3, -0.25) is 4.79 Å². The second kappa shape index (κ2) is 6.42. The highest BCUT2D eigenvalue weighted by atomic mass is 16.6. The Labute approximate surface area is 156 Å². The van der Waals surface area contributed by atoms with Crippen molar-refractivity contribution in [3.8, 4) is 5.75 Å². The number of rotatable bonds is 2. The van der Waals surface area contributed by atoms with Crippen molar-refractivity contribution in [2.24, 2.45) is 7.05 Å². The van der Waals surface area contributed by atoms with Gasteiger partial charge in [-0.05, 0) is 37.3 Å². The van der Waals surface area contributed by atoms with Crippen LogP contribution < -0.4 is 9.64 Å². The number of amides is 1. The number of aryl methyl sites for hydroxylation is 2. The summed E-state index contributed by atoms with van der Waals surface area (Å²) in [5.41, 5.74) is 2.84. The minimum atomic E-state index is -0.866. The molecule has 7 heteroatoms. The standard InChI is InChI=1S/C20H19N3O4/c1-12-21-14-10-13(8-9-15(14)22(12)2)19(24)23-11-18(20(25)26-3)27-17-7-5-4-6-16(17)23/h4-10,18H,11H2,1-3H3. The molecular formula is C20H19N3O4. The van der Waals surface area contributed by atoms with Crippen molar-refractivity contribution in [2.45, 2.75) is 13.0 Å².